The fourth-order valence-electron chi connectivity index (χ4n) is 3.88. The van der Waals surface area contributed by atoms with E-state index in [1.54, 1.807) is 7.11 Å². The van der Waals surface area contributed by atoms with Crippen molar-refractivity contribution in [2.24, 2.45) is 0 Å². The molecular weight excluding hydrogens is 410 g/mol. The minimum absolute atomic E-state index is 0.126. The lowest BCUT2D eigenvalue weighted by Gasteiger charge is -2.19. The highest BCUT2D eigenvalue weighted by Gasteiger charge is 2.35. The number of amides is 1. The van der Waals surface area contributed by atoms with Crippen LogP contribution in [0.3, 0.4) is 0 Å². The van der Waals surface area contributed by atoms with Crippen molar-refractivity contribution in [3.8, 4) is 5.75 Å². The lowest BCUT2D eigenvalue weighted by molar-refractivity contribution is -0.118. The first-order valence-corrected chi connectivity index (χ1v) is 11.1. The number of rotatable bonds is 5. The van der Waals surface area contributed by atoms with Gasteiger partial charge < -0.3 is 15.8 Å². The van der Waals surface area contributed by atoms with E-state index in [9.17, 15) is 9.59 Å². The first-order valence-electron chi connectivity index (χ1n) is 10.1. The van der Waals surface area contributed by atoms with E-state index in [0.29, 0.717) is 34.2 Å². The molecule has 1 aliphatic rings. The van der Waals surface area contributed by atoms with Gasteiger partial charge in [-0.05, 0) is 42.7 Å². The van der Waals surface area contributed by atoms with Gasteiger partial charge in [0.1, 0.15) is 16.8 Å². The summed E-state index contributed by atoms with van der Waals surface area (Å²) in [4.78, 5) is 26.2. The summed E-state index contributed by atoms with van der Waals surface area (Å²) in [5, 5.41) is 3.53. The normalized spacial score (nSPS) is 14.9. The van der Waals surface area contributed by atoms with Crippen LogP contribution in [-0.4, -0.2) is 23.3 Å². The Kier molecular flexibility index (Phi) is 5.78. The number of benzene rings is 2. The molecule has 1 aromatic heterocycles. The summed E-state index contributed by atoms with van der Waals surface area (Å²) in [5.41, 5.74) is 10.9. The molecule has 3 N–H and O–H groups in total. The zero-order valence-electron chi connectivity index (χ0n) is 17.8. The van der Waals surface area contributed by atoms with E-state index >= 15 is 0 Å². The molecule has 1 aliphatic heterocycles. The van der Waals surface area contributed by atoms with E-state index in [-0.39, 0.29) is 17.2 Å². The zero-order chi connectivity index (χ0) is 22.1. The van der Waals surface area contributed by atoms with E-state index < -0.39 is 6.04 Å². The number of hydrogen-bond acceptors (Lipinski definition) is 5. The molecule has 0 bridgehead atoms. The van der Waals surface area contributed by atoms with Crippen LogP contribution >= 0.6 is 11.8 Å². The Labute approximate surface area is 185 Å². The Hall–Kier alpha value is -3.19. The van der Waals surface area contributed by atoms with Crippen LogP contribution in [0.15, 0.2) is 58.4 Å². The van der Waals surface area contributed by atoms with Crippen molar-refractivity contribution in [3.05, 3.63) is 81.1 Å². The molecular formula is C24H25N3O3S. The smallest absolute Gasteiger partial charge is 0.275 e. The molecule has 2 aromatic carbocycles. The van der Waals surface area contributed by atoms with Gasteiger partial charge in [0.2, 0.25) is 5.91 Å². The number of methoxy groups -OCH3 is 1. The summed E-state index contributed by atoms with van der Waals surface area (Å²) in [6, 6.07) is 14.6. The molecule has 1 amide bonds. The van der Waals surface area contributed by atoms with Gasteiger partial charge in [-0.3, -0.25) is 14.2 Å². The number of hydrogen-bond donors (Lipinski definition) is 2. The highest BCUT2D eigenvalue weighted by molar-refractivity contribution is 7.99. The second-order valence-corrected chi connectivity index (χ2v) is 8.63. The van der Waals surface area contributed by atoms with Crippen LogP contribution in [0.2, 0.25) is 0 Å². The number of carbonyl (C=O) groups excluding carboxylic acids is 1. The standard InChI is InChI=1S/C24H25N3O3S/c1-14-8-7-9-16(15(14)2)12-18-20(25)23(29)27-19(13-31-24(27)21(18)30-3)22(28)26-17-10-5-4-6-11-17/h4-11,19H,12-13,25H2,1-3H3,(H,26,28). The number of para-hydroxylation sites is 1. The molecule has 0 fully saturated rings. The molecule has 0 spiro atoms. The van der Waals surface area contributed by atoms with Crippen molar-refractivity contribution in [1.29, 1.82) is 0 Å². The highest BCUT2D eigenvalue weighted by Crippen LogP contribution is 2.42. The summed E-state index contributed by atoms with van der Waals surface area (Å²) in [7, 11) is 1.57. The molecule has 160 valence electrons. The molecule has 0 radical (unpaired) electrons. The summed E-state index contributed by atoms with van der Waals surface area (Å²) in [6.45, 7) is 4.12. The zero-order valence-corrected chi connectivity index (χ0v) is 18.6. The molecule has 2 heterocycles. The van der Waals surface area contributed by atoms with Crippen molar-refractivity contribution >= 4 is 29.0 Å². The number of anilines is 2. The molecule has 1 unspecified atom stereocenters. The van der Waals surface area contributed by atoms with Gasteiger partial charge in [0, 0.05) is 23.4 Å². The number of pyridine rings is 1. The Morgan fingerprint density at radius 1 is 1.19 bits per heavy atom. The van der Waals surface area contributed by atoms with Crippen LogP contribution in [0.25, 0.3) is 0 Å². The number of aryl methyl sites for hydroxylation is 1. The maximum atomic E-state index is 13.2. The number of nitrogens with zero attached hydrogens (tertiary/aromatic N) is 1. The van der Waals surface area contributed by atoms with Gasteiger partial charge in [-0.15, -0.1) is 11.8 Å². The number of fused-ring (bicyclic) bond motifs is 1. The molecule has 1 atom stereocenters. The molecule has 0 saturated carbocycles. The Balaban J connectivity index is 1.74. The third kappa shape index (κ3) is 3.81. The molecule has 6 nitrogen and oxygen atoms in total. The molecule has 0 aliphatic carbocycles. The number of aromatic nitrogens is 1. The van der Waals surface area contributed by atoms with Crippen molar-refractivity contribution in [2.75, 3.05) is 23.9 Å². The van der Waals surface area contributed by atoms with Crippen LogP contribution in [0.1, 0.15) is 28.3 Å². The third-order valence-electron chi connectivity index (χ3n) is 5.78. The van der Waals surface area contributed by atoms with Crippen molar-refractivity contribution < 1.29 is 9.53 Å². The van der Waals surface area contributed by atoms with Crippen LogP contribution in [0.4, 0.5) is 11.4 Å². The van der Waals surface area contributed by atoms with Gasteiger partial charge in [0.25, 0.3) is 5.56 Å². The lowest BCUT2D eigenvalue weighted by atomic mass is 9.96. The van der Waals surface area contributed by atoms with Crippen LogP contribution in [-0.2, 0) is 11.2 Å². The number of nitrogens with one attached hydrogen (secondary N) is 1. The largest absolute Gasteiger partial charge is 0.494 e. The number of ether oxygens (including phenoxy) is 1. The Morgan fingerprint density at radius 3 is 2.65 bits per heavy atom. The van der Waals surface area contributed by atoms with Gasteiger partial charge in [-0.2, -0.15) is 0 Å². The number of thioether (sulfide) groups is 1. The first-order chi connectivity index (χ1) is 14.9. The van der Waals surface area contributed by atoms with Crippen LogP contribution in [0, 0.1) is 13.8 Å². The molecule has 31 heavy (non-hydrogen) atoms. The molecule has 4 rings (SSSR count). The fraction of sp³-hybridized carbons (Fsp3) is 0.250. The minimum Gasteiger partial charge on any atom is -0.494 e. The Bertz CT molecular complexity index is 1200. The number of nitrogens with two attached hydrogens (primary N) is 1. The maximum absolute atomic E-state index is 13.2. The topological polar surface area (TPSA) is 86.3 Å². The summed E-state index contributed by atoms with van der Waals surface area (Å²) in [5.74, 6) is 0.762. The Morgan fingerprint density at radius 2 is 1.94 bits per heavy atom. The second kappa shape index (κ2) is 8.51. The predicted molar refractivity (Wildman–Crippen MR) is 125 cm³/mol. The van der Waals surface area contributed by atoms with Gasteiger partial charge in [-0.1, -0.05) is 36.4 Å². The van der Waals surface area contributed by atoms with Crippen molar-refractivity contribution in [2.45, 2.75) is 31.3 Å². The average molecular weight is 436 g/mol. The first kappa shape index (κ1) is 21.1. The molecule has 3 aromatic rings. The second-order valence-electron chi connectivity index (χ2n) is 7.62. The maximum Gasteiger partial charge on any atom is 0.275 e. The lowest BCUT2D eigenvalue weighted by Crippen LogP contribution is -2.34. The van der Waals surface area contributed by atoms with Gasteiger partial charge in [0.15, 0.2) is 5.75 Å². The predicted octanol–water partition coefficient (Wildman–Crippen LogP) is 3.93. The van der Waals surface area contributed by atoms with E-state index in [1.165, 1.54) is 21.9 Å². The summed E-state index contributed by atoms with van der Waals surface area (Å²) >= 11 is 1.44. The number of nitrogen functional groups attached to an aromatic ring is 1. The quantitative estimate of drug-likeness (QED) is 0.634. The van der Waals surface area contributed by atoms with Gasteiger partial charge in [0.05, 0.1) is 7.11 Å². The van der Waals surface area contributed by atoms with Crippen LogP contribution < -0.4 is 21.3 Å². The highest BCUT2D eigenvalue weighted by atomic mass is 32.2. The SMILES string of the molecule is COc1c(Cc2cccc(C)c2C)c(N)c(=O)n2c1SCC2C(=O)Nc1ccccc1. The van der Waals surface area contributed by atoms with Crippen molar-refractivity contribution in [3.63, 3.8) is 0 Å². The minimum atomic E-state index is -0.654. The van der Waals surface area contributed by atoms with Crippen LogP contribution in [0.5, 0.6) is 5.75 Å². The molecule has 7 heteroatoms. The van der Waals surface area contributed by atoms with E-state index in [2.05, 4.69) is 25.2 Å². The monoisotopic (exact) mass is 435 g/mol. The molecule has 0 saturated heterocycles. The average Bonchev–Trinajstić information content (AvgIpc) is 3.21. The van der Waals surface area contributed by atoms with Gasteiger partial charge in [-0.25, -0.2) is 0 Å². The fourth-order valence-corrected chi connectivity index (χ4v) is 5.19. The number of carbonyl (C=O) groups is 1. The van der Waals surface area contributed by atoms with E-state index in [4.69, 9.17) is 10.5 Å². The summed E-state index contributed by atoms with van der Waals surface area (Å²) in [6.07, 6.45) is 0.493. The third-order valence-corrected chi connectivity index (χ3v) is 6.92. The van der Waals surface area contributed by atoms with E-state index in [1.807, 2.05) is 42.5 Å². The van der Waals surface area contributed by atoms with Gasteiger partial charge >= 0.3 is 0 Å². The summed E-state index contributed by atoms with van der Waals surface area (Å²) < 4.78 is 7.20. The van der Waals surface area contributed by atoms with E-state index in [0.717, 1.165) is 11.1 Å². The van der Waals surface area contributed by atoms with Crippen molar-refractivity contribution in [1.82, 2.24) is 4.57 Å².